The van der Waals surface area contributed by atoms with E-state index in [1.165, 1.54) is 0 Å². The first-order chi connectivity index (χ1) is 14.9. The van der Waals surface area contributed by atoms with Gasteiger partial charge in [0, 0.05) is 0 Å². The van der Waals surface area contributed by atoms with Crippen molar-refractivity contribution in [2.75, 3.05) is 18.6 Å². The van der Waals surface area contributed by atoms with E-state index in [4.69, 9.17) is 4.74 Å². The van der Waals surface area contributed by atoms with Gasteiger partial charge >= 0.3 is 11.9 Å². The minimum absolute atomic E-state index is 0.199. The molecule has 2 rings (SSSR count). The fraction of sp³-hybridized carbons (Fsp3) is 0.625. The summed E-state index contributed by atoms with van der Waals surface area (Å²) in [5.74, 6) is -1.35. The molecule has 1 aromatic carbocycles. The van der Waals surface area contributed by atoms with Crippen LogP contribution >= 0.6 is 11.8 Å². The molecular weight excluding hydrogens is 414 g/mol. The van der Waals surface area contributed by atoms with Crippen molar-refractivity contribution in [2.45, 2.75) is 64.3 Å². The average molecular weight is 450 g/mol. The zero-order chi connectivity index (χ0) is 22.7. The molecule has 172 valence electrons. The monoisotopic (exact) mass is 449 g/mol. The van der Waals surface area contributed by atoms with Gasteiger partial charge in [-0.2, -0.15) is 11.8 Å². The van der Waals surface area contributed by atoms with E-state index < -0.39 is 29.3 Å². The lowest BCUT2D eigenvalue weighted by Crippen LogP contribution is -2.49. The summed E-state index contributed by atoms with van der Waals surface area (Å²) in [5, 5.41) is 12.8. The van der Waals surface area contributed by atoms with Gasteiger partial charge in [-0.05, 0) is 63.0 Å². The second kappa shape index (κ2) is 12.7. The first-order valence-electron chi connectivity index (χ1n) is 11.1. The molecule has 0 aromatic heterocycles. The highest BCUT2D eigenvalue weighted by Crippen LogP contribution is 2.44. The van der Waals surface area contributed by atoms with Crippen molar-refractivity contribution in [3.8, 4) is 0 Å². The number of carbonyl (C=O) groups is 3. The lowest BCUT2D eigenvalue weighted by Gasteiger charge is -2.32. The van der Waals surface area contributed by atoms with E-state index >= 15 is 0 Å². The molecule has 6 nitrogen and oxygen atoms in total. The van der Waals surface area contributed by atoms with Gasteiger partial charge in [-0.3, -0.25) is 9.59 Å². The summed E-state index contributed by atoms with van der Waals surface area (Å²) >= 11 is 1.61. The third-order valence-electron chi connectivity index (χ3n) is 6.14. The fourth-order valence-corrected chi connectivity index (χ4v) is 4.86. The highest BCUT2D eigenvalue weighted by molar-refractivity contribution is 7.98. The zero-order valence-corrected chi connectivity index (χ0v) is 19.4. The molecule has 2 N–H and O–H groups in total. The van der Waals surface area contributed by atoms with Crippen LogP contribution in [0.2, 0.25) is 0 Å². The molecule has 1 unspecified atom stereocenters. The van der Waals surface area contributed by atoms with Crippen molar-refractivity contribution in [1.29, 1.82) is 0 Å². The molecule has 1 fully saturated rings. The van der Waals surface area contributed by atoms with E-state index in [0.717, 1.165) is 24.2 Å². The van der Waals surface area contributed by atoms with Gasteiger partial charge in [-0.25, -0.2) is 4.79 Å². The van der Waals surface area contributed by atoms with Crippen LogP contribution in [-0.2, 0) is 25.5 Å². The number of hydrogen-bond donors (Lipinski definition) is 2. The van der Waals surface area contributed by atoms with Crippen molar-refractivity contribution in [1.82, 2.24) is 5.32 Å². The molecule has 1 aromatic rings. The summed E-state index contributed by atoms with van der Waals surface area (Å²) < 4.78 is 5.15. The Hall–Kier alpha value is -2.02. The second-order valence-electron chi connectivity index (χ2n) is 8.31. The Balaban J connectivity index is 2.11. The number of aryl methyl sites for hydroxylation is 1. The Bertz CT molecular complexity index is 718. The molecule has 1 saturated carbocycles. The van der Waals surface area contributed by atoms with Crippen molar-refractivity contribution >= 4 is 29.6 Å². The van der Waals surface area contributed by atoms with Crippen LogP contribution in [0.5, 0.6) is 0 Å². The number of aliphatic carboxylic acids is 1. The lowest BCUT2D eigenvalue weighted by molar-refractivity contribution is -0.150. The summed E-state index contributed by atoms with van der Waals surface area (Å²) in [6.07, 6.45) is 7.01. The lowest BCUT2D eigenvalue weighted by atomic mass is 9.75. The standard InChI is InChI=1S/C24H35NO5S/c1-3-30-22(28)20(13-16-31-2)25-23(29)24(14-7-8-15-24)17-19(21(26)27)12-11-18-9-5-4-6-10-18/h4-6,9-10,19-20H,3,7-8,11-17H2,1-2H3,(H,25,29)(H,26,27)/t19?,20-/m0/s1. The molecule has 0 spiro atoms. The Morgan fingerprint density at radius 2 is 1.84 bits per heavy atom. The minimum atomic E-state index is -0.862. The number of thioether (sulfide) groups is 1. The summed E-state index contributed by atoms with van der Waals surface area (Å²) in [5.41, 5.74) is 0.363. The van der Waals surface area contributed by atoms with Gasteiger partial charge in [0.1, 0.15) is 6.04 Å². The summed E-state index contributed by atoms with van der Waals surface area (Å²) in [7, 11) is 0. The van der Waals surface area contributed by atoms with Gasteiger partial charge < -0.3 is 15.2 Å². The Labute approximate surface area is 189 Å². The van der Waals surface area contributed by atoms with E-state index in [1.54, 1.807) is 18.7 Å². The molecule has 2 atom stereocenters. The normalized spacial score (nSPS) is 17.0. The van der Waals surface area contributed by atoms with Crippen molar-refractivity contribution < 1.29 is 24.2 Å². The topological polar surface area (TPSA) is 92.7 Å². The molecule has 0 radical (unpaired) electrons. The van der Waals surface area contributed by atoms with E-state index in [1.807, 2.05) is 36.6 Å². The van der Waals surface area contributed by atoms with Crippen molar-refractivity contribution in [3.63, 3.8) is 0 Å². The second-order valence-corrected chi connectivity index (χ2v) is 9.30. The van der Waals surface area contributed by atoms with Crippen LogP contribution in [0.25, 0.3) is 0 Å². The molecule has 0 bridgehead atoms. The number of nitrogens with one attached hydrogen (secondary N) is 1. The number of benzene rings is 1. The molecule has 0 heterocycles. The Morgan fingerprint density at radius 1 is 1.16 bits per heavy atom. The first kappa shape index (κ1) is 25.2. The van der Waals surface area contributed by atoms with Gasteiger partial charge in [-0.15, -0.1) is 0 Å². The van der Waals surface area contributed by atoms with Gasteiger partial charge in [0.2, 0.25) is 5.91 Å². The Morgan fingerprint density at radius 3 is 2.42 bits per heavy atom. The van der Waals surface area contributed by atoms with Crippen molar-refractivity contribution in [2.24, 2.45) is 11.3 Å². The van der Waals surface area contributed by atoms with Gasteiger partial charge in [0.05, 0.1) is 17.9 Å². The summed E-state index contributed by atoms with van der Waals surface area (Å²) in [6.45, 7) is 2.00. The molecule has 1 aliphatic rings. The Kier molecular flexibility index (Phi) is 10.4. The number of rotatable bonds is 13. The van der Waals surface area contributed by atoms with Gasteiger partial charge in [-0.1, -0.05) is 43.2 Å². The van der Waals surface area contributed by atoms with Crippen LogP contribution in [-0.4, -0.2) is 47.6 Å². The quantitative estimate of drug-likeness (QED) is 0.441. The maximum absolute atomic E-state index is 13.4. The number of carboxylic acid groups (broad SMARTS) is 1. The van der Waals surface area contributed by atoms with E-state index in [-0.39, 0.29) is 12.5 Å². The average Bonchev–Trinajstić information content (AvgIpc) is 3.24. The molecule has 1 aliphatic carbocycles. The number of carbonyl (C=O) groups excluding carboxylic acids is 2. The van der Waals surface area contributed by atoms with Crippen LogP contribution in [0, 0.1) is 11.3 Å². The molecule has 1 amide bonds. The highest BCUT2D eigenvalue weighted by atomic mass is 32.2. The van der Waals surface area contributed by atoms with E-state index in [0.29, 0.717) is 38.5 Å². The smallest absolute Gasteiger partial charge is 0.328 e. The van der Waals surface area contributed by atoms with E-state index in [2.05, 4.69) is 5.32 Å². The summed E-state index contributed by atoms with van der Waals surface area (Å²) in [4.78, 5) is 37.7. The van der Waals surface area contributed by atoms with Gasteiger partial charge in [0.25, 0.3) is 0 Å². The number of carboxylic acids is 1. The molecule has 7 heteroatoms. The maximum atomic E-state index is 13.4. The number of amides is 1. The molecule has 31 heavy (non-hydrogen) atoms. The third-order valence-corrected chi connectivity index (χ3v) is 6.78. The van der Waals surface area contributed by atoms with Crippen LogP contribution < -0.4 is 5.32 Å². The van der Waals surface area contributed by atoms with Gasteiger partial charge in [0.15, 0.2) is 0 Å². The number of esters is 1. The minimum Gasteiger partial charge on any atom is -0.481 e. The molecule has 0 saturated heterocycles. The largest absolute Gasteiger partial charge is 0.481 e. The van der Waals surface area contributed by atoms with Crippen molar-refractivity contribution in [3.05, 3.63) is 35.9 Å². The SMILES string of the molecule is CCOC(=O)[C@H](CCSC)NC(=O)C1(CC(CCc2ccccc2)C(=O)O)CCCC1. The van der Waals surface area contributed by atoms with Crippen LogP contribution in [0.1, 0.15) is 57.4 Å². The van der Waals surface area contributed by atoms with Crippen LogP contribution in [0.3, 0.4) is 0 Å². The predicted molar refractivity (Wildman–Crippen MR) is 123 cm³/mol. The first-order valence-corrected chi connectivity index (χ1v) is 12.5. The maximum Gasteiger partial charge on any atom is 0.328 e. The zero-order valence-electron chi connectivity index (χ0n) is 18.6. The molecular formula is C24H35NO5S. The third kappa shape index (κ3) is 7.56. The predicted octanol–water partition coefficient (Wildman–Crippen LogP) is 4.07. The fourth-order valence-electron chi connectivity index (χ4n) is 4.38. The highest BCUT2D eigenvalue weighted by Gasteiger charge is 2.45. The summed E-state index contributed by atoms with van der Waals surface area (Å²) in [6, 6.07) is 9.12. The van der Waals surface area contributed by atoms with E-state index in [9.17, 15) is 19.5 Å². The molecule has 0 aliphatic heterocycles. The van der Waals surface area contributed by atoms with Crippen LogP contribution in [0.4, 0.5) is 0 Å². The number of ether oxygens (including phenoxy) is 1. The van der Waals surface area contributed by atoms with Crippen LogP contribution in [0.15, 0.2) is 30.3 Å². The number of hydrogen-bond acceptors (Lipinski definition) is 5.